The zero-order chi connectivity index (χ0) is 15.6. The molecule has 4 heteroatoms. The van der Waals surface area contributed by atoms with Crippen molar-refractivity contribution in [1.82, 2.24) is 0 Å². The van der Waals surface area contributed by atoms with Gasteiger partial charge in [0, 0.05) is 16.2 Å². The van der Waals surface area contributed by atoms with E-state index < -0.39 is 0 Å². The van der Waals surface area contributed by atoms with Gasteiger partial charge in [0.05, 0.1) is 5.56 Å². The number of amides is 1. The maximum Gasteiger partial charge on any atom is 0.279 e. The number of carbonyl (C=O) groups excluding carboxylic acids is 1. The van der Waals surface area contributed by atoms with E-state index in [2.05, 4.69) is 37.0 Å². The normalized spacial score (nSPS) is 11.7. The van der Waals surface area contributed by atoms with E-state index in [1.807, 2.05) is 13.0 Å². The summed E-state index contributed by atoms with van der Waals surface area (Å²) in [6.07, 6.45) is 0.843. The van der Waals surface area contributed by atoms with Crippen LogP contribution in [0.25, 0.3) is 0 Å². The molecule has 0 aliphatic carbocycles. The van der Waals surface area contributed by atoms with Gasteiger partial charge in [-0.15, -0.1) is 11.3 Å². The molecule has 21 heavy (non-hydrogen) atoms. The van der Waals surface area contributed by atoms with Crippen LogP contribution < -0.4 is 5.73 Å². The highest BCUT2D eigenvalue weighted by Crippen LogP contribution is 2.26. The Balaban J connectivity index is 2.27. The maximum atomic E-state index is 12.0. The summed E-state index contributed by atoms with van der Waals surface area (Å²) >= 11 is 1.65. The molecule has 0 saturated carbocycles. The lowest BCUT2D eigenvalue weighted by Crippen LogP contribution is -2.09. The molecular weight excluding hydrogens is 280 g/mol. The highest BCUT2D eigenvalue weighted by atomic mass is 32.1. The van der Waals surface area contributed by atoms with Gasteiger partial charge in [-0.25, -0.2) is 0 Å². The van der Waals surface area contributed by atoms with E-state index in [-0.39, 0.29) is 5.91 Å². The van der Waals surface area contributed by atoms with Crippen molar-refractivity contribution in [2.75, 3.05) is 0 Å². The largest absolute Gasteiger partial charge is 0.387 e. The molecule has 0 aliphatic heterocycles. The van der Waals surface area contributed by atoms with Crippen LogP contribution in [0.1, 0.15) is 43.7 Å². The number of amidine groups is 1. The fraction of sp³-hybridized carbons (Fsp3) is 0.294. The summed E-state index contributed by atoms with van der Waals surface area (Å²) < 4.78 is 0. The molecule has 0 spiro atoms. The number of hydrogen-bond donors (Lipinski definition) is 1. The van der Waals surface area contributed by atoms with Crippen LogP contribution in [0.3, 0.4) is 0 Å². The van der Waals surface area contributed by atoms with Crippen LogP contribution in [0.4, 0.5) is 0 Å². The minimum absolute atomic E-state index is 0.254. The third-order valence-corrected chi connectivity index (χ3v) is 4.39. The Hall–Kier alpha value is -1.94. The third kappa shape index (κ3) is 3.79. The number of benzene rings is 1. The number of thiophene rings is 1. The van der Waals surface area contributed by atoms with Crippen LogP contribution in [-0.4, -0.2) is 11.7 Å². The van der Waals surface area contributed by atoms with Gasteiger partial charge in [0.1, 0.15) is 5.84 Å². The first-order valence-electron chi connectivity index (χ1n) is 6.87. The monoisotopic (exact) mass is 300 g/mol. The summed E-state index contributed by atoms with van der Waals surface area (Å²) in [6.45, 7) is 7.79. The Kier molecular flexibility index (Phi) is 4.58. The van der Waals surface area contributed by atoms with E-state index >= 15 is 0 Å². The van der Waals surface area contributed by atoms with Crippen LogP contribution in [0, 0.1) is 20.8 Å². The van der Waals surface area contributed by atoms with Gasteiger partial charge >= 0.3 is 0 Å². The summed E-state index contributed by atoms with van der Waals surface area (Å²) in [5.41, 5.74) is 9.97. The Labute approximate surface area is 129 Å². The Morgan fingerprint density at radius 1 is 1.24 bits per heavy atom. The molecular formula is C17H20N2OS. The number of rotatable bonds is 3. The van der Waals surface area contributed by atoms with Crippen LogP contribution in [0.15, 0.2) is 29.3 Å². The lowest BCUT2D eigenvalue weighted by atomic mass is 10.0. The van der Waals surface area contributed by atoms with Crippen molar-refractivity contribution >= 4 is 23.1 Å². The minimum atomic E-state index is -0.254. The standard InChI is InChI=1S/C17H20N2OS/c1-10-5-6-14(11(2)7-10)8-15-9-16(12(3)21-15)17(20)19-13(4)18/h5-7,9H,8H2,1-4H3,(H2,18,19,20). The molecule has 3 nitrogen and oxygen atoms in total. The fourth-order valence-electron chi connectivity index (χ4n) is 2.30. The number of nitrogens with zero attached hydrogens (tertiary/aromatic N) is 1. The molecule has 1 aromatic carbocycles. The quantitative estimate of drug-likeness (QED) is 0.692. The summed E-state index contributed by atoms with van der Waals surface area (Å²) in [5.74, 6) is 0.0390. The fourth-order valence-corrected chi connectivity index (χ4v) is 3.35. The highest BCUT2D eigenvalue weighted by Gasteiger charge is 2.13. The lowest BCUT2D eigenvalue weighted by molar-refractivity contribution is 0.100. The van der Waals surface area contributed by atoms with Gasteiger partial charge in [0.15, 0.2) is 0 Å². The zero-order valence-electron chi connectivity index (χ0n) is 12.9. The van der Waals surface area contributed by atoms with Crippen molar-refractivity contribution in [3.8, 4) is 0 Å². The molecule has 1 amide bonds. The van der Waals surface area contributed by atoms with Gasteiger partial charge < -0.3 is 5.73 Å². The second kappa shape index (κ2) is 6.22. The smallest absolute Gasteiger partial charge is 0.279 e. The van der Waals surface area contributed by atoms with Gasteiger partial charge in [-0.2, -0.15) is 4.99 Å². The van der Waals surface area contributed by atoms with Crippen LogP contribution >= 0.6 is 11.3 Å². The predicted octanol–water partition coefficient (Wildman–Crippen LogP) is 3.78. The third-order valence-electron chi connectivity index (χ3n) is 3.34. The average Bonchev–Trinajstić information content (AvgIpc) is 2.73. The van der Waals surface area contributed by atoms with E-state index in [9.17, 15) is 4.79 Å². The van der Waals surface area contributed by atoms with E-state index in [0.717, 1.165) is 11.3 Å². The molecule has 0 unspecified atom stereocenters. The maximum absolute atomic E-state index is 12.0. The Morgan fingerprint density at radius 2 is 1.95 bits per heavy atom. The molecule has 0 atom stereocenters. The lowest BCUT2D eigenvalue weighted by Gasteiger charge is -2.05. The van der Waals surface area contributed by atoms with Gasteiger partial charge in [-0.05, 0) is 44.9 Å². The number of aryl methyl sites for hydroxylation is 3. The van der Waals surface area contributed by atoms with Crippen LogP contribution in [0.2, 0.25) is 0 Å². The molecule has 1 aromatic heterocycles. The van der Waals surface area contributed by atoms with Crippen molar-refractivity contribution in [2.45, 2.75) is 34.1 Å². The van der Waals surface area contributed by atoms with Crippen LogP contribution in [-0.2, 0) is 6.42 Å². The van der Waals surface area contributed by atoms with Crippen LogP contribution in [0.5, 0.6) is 0 Å². The molecule has 0 fully saturated rings. The van der Waals surface area contributed by atoms with Crippen molar-refractivity contribution in [3.05, 3.63) is 56.3 Å². The summed E-state index contributed by atoms with van der Waals surface area (Å²) in [6, 6.07) is 8.40. The number of aliphatic imine (C=N–C) groups is 1. The molecule has 0 radical (unpaired) electrons. The minimum Gasteiger partial charge on any atom is -0.387 e. The highest BCUT2D eigenvalue weighted by molar-refractivity contribution is 7.12. The molecule has 110 valence electrons. The summed E-state index contributed by atoms with van der Waals surface area (Å²) in [4.78, 5) is 18.0. The van der Waals surface area contributed by atoms with Gasteiger partial charge in [0.2, 0.25) is 0 Å². The van der Waals surface area contributed by atoms with E-state index in [1.54, 1.807) is 18.3 Å². The van der Waals surface area contributed by atoms with E-state index in [1.165, 1.54) is 21.6 Å². The van der Waals surface area contributed by atoms with Gasteiger partial charge in [-0.1, -0.05) is 23.8 Å². The SMILES string of the molecule is C/C(N)=N\C(=O)c1cc(Cc2ccc(C)cc2C)sc1C. The first kappa shape index (κ1) is 15.4. The Morgan fingerprint density at radius 3 is 2.57 bits per heavy atom. The summed E-state index contributed by atoms with van der Waals surface area (Å²) in [7, 11) is 0. The Bertz CT molecular complexity index is 710. The molecule has 2 aromatic rings. The first-order valence-corrected chi connectivity index (χ1v) is 7.69. The second-order valence-corrected chi connectivity index (χ2v) is 6.69. The number of nitrogens with two attached hydrogens (primary N) is 1. The molecule has 0 aliphatic rings. The van der Waals surface area contributed by atoms with Crippen molar-refractivity contribution in [3.63, 3.8) is 0 Å². The van der Waals surface area contributed by atoms with Gasteiger partial charge in [-0.3, -0.25) is 4.79 Å². The molecule has 1 heterocycles. The summed E-state index contributed by atoms with van der Waals surface area (Å²) in [5, 5.41) is 0. The van der Waals surface area contributed by atoms with E-state index in [4.69, 9.17) is 5.73 Å². The molecule has 2 rings (SSSR count). The van der Waals surface area contributed by atoms with Crippen molar-refractivity contribution in [2.24, 2.45) is 10.7 Å². The van der Waals surface area contributed by atoms with Gasteiger partial charge in [0.25, 0.3) is 5.91 Å². The van der Waals surface area contributed by atoms with Crippen molar-refractivity contribution < 1.29 is 4.79 Å². The molecule has 0 bridgehead atoms. The first-order chi connectivity index (χ1) is 9.86. The zero-order valence-corrected chi connectivity index (χ0v) is 13.7. The van der Waals surface area contributed by atoms with Crippen molar-refractivity contribution in [1.29, 1.82) is 0 Å². The topological polar surface area (TPSA) is 55.4 Å². The second-order valence-electron chi connectivity index (χ2n) is 5.35. The molecule has 2 N–H and O–H groups in total. The average molecular weight is 300 g/mol. The number of hydrogen-bond acceptors (Lipinski definition) is 2. The number of carbonyl (C=O) groups is 1. The molecule has 0 saturated heterocycles. The predicted molar refractivity (Wildman–Crippen MR) is 89.4 cm³/mol. The van der Waals surface area contributed by atoms with E-state index in [0.29, 0.717) is 11.4 Å².